The first-order chi connectivity index (χ1) is 14.0. The van der Waals surface area contributed by atoms with Crippen LogP contribution < -0.4 is 0 Å². The van der Waals surface area contributed by atoms with Crippen molar-refractivity contribution in [2.45, 2.75) is 44.2 Å². The Labute approximate surface area is 174 Å². The van der Waals surface area contributed by atoms with Crippen LogP contribution in [0.1, 0.15) is 42.4 Å². The third-order valence-electron chi connectivity index (χ3n) is 5.16. The summed E-state index contributed by atoms with van der Waals surface area (Å²) >= 11 is 1.43. The number of rotatable bonds is 6. The van der Waals surface area contributed by atoms with Crippen LogP contribution in [-0.2, 0) is 27.9 Å². The van der Waals surface area contributed by atoms with Crippen molar-refractivity contribution in [2.24, 2.45) is 0 Å². The first-order valence-corrected chi connectivity index (χ1v) is 12.1. The zero-order valence-electron chi connectivity index (χ0n) is 16.2. The van der Waals surface area contributed by atoms with Gasteiger partial charge in [0.1, 0.15) is 12.4 Å². The molecule has 2 aromatic heterocycles. The van der Waals surface area contributed by atoms with Crippen LogP contribution in [0.15, 0.2) is 39.9 Å². The number of aromatic nitrogens is 2. The van der Waals surface area contributed by atoms with Crippen molar-refractivity contribution < 1.29 is 17.9 Å². The maximum atomic E-state index is 13.0. The average molecular weight is 434 g/mol. The molecule has 0 aliphatic carbocycles. The molecule has 9 heteroatoms. The van der Waals surface area contributed by atoms with Crippen LogP contribution in [0.4, 0.5) is 0 Å². The van der Waals surface area contributed by atoms with E-state index >= 15 is 0 Å². The molecule has 7 nitrogen and oxygen atoms in total. The number of benzene rings is 1. The molecule has 0 unspecified atom stereocenters. The predicted octanol–water partition coefficient (Wildman–Crippen LogP) is 3.65. The molecule has 0 radical (unpaired) electrons. The number of thiophene rings is 1. The second-order valence-corrected chi connectivity index (χ2v) is 9.69. The summed E-state index contributed by atoms with van der Waals surface area (Å²) in [6.07, 6.45) is 2.86. The van der Waals surface area contributed by atoms with E-state index in [9.17, 15) is 13.2 Å². The summed E-state index contributed by atoms with van der Waals surface area (Å²) in [5.41, 5.74) is 1.93. The van der Waals surface area contributed by atoms with Crippen molar-refractivity contribution in [2.75, 3.05) is 13.1 Å². The first-order valence-electron chi connectivity index (χ1n) is 9.69. The van der Waals surface area contributed by atoms with Gasteiger partial charge in [0, 0.05) is 25.0 Å². The van der Waals surface area contributed by atoms with E-state index in [1.165, 1.54) is 11.3 Å². The number of carbonyl (C=O) groups excluding carboxylic acids is 1. The number of hydrogen-bond acceptors (Lipinski definition) is 6. The number of hydrogen-bond donors (Lipinski definition) is 0. The van der Waals surface area contributed by atoms with Gasteiger partial charge in [0.15, 0.2) is 0 Å². The summed E-state index contributed by atoms with van der Waals surface area (Å²) in [4.78, 5) is 16.9. The molecule has 3 heterocycles. The van der Waals surface area contributed by atoms with Crippen molar-refractivity contribution in [3.8, 4) is 0 Å². The van der Waals surface area contributed by atoms with Crippen LogP contribution in [0.5, 0.6) is 0 Å². The van der Waals surface area contributed by atoms with E-state index in [0.29, 0.717) is 36.5 Å². The van der Waals surface area contributed by atoms with Crippen LogP contribution >= 0.6 is 11.3 Å². The van der Waals surface area contributed by atoms with Gasteiger partial charge in [0.2, 0.25) is 10.0 Å². The maximum absolute atomic E-state index is 13.0. The molecule has 154 valence electrons. The Morgan fingerprint density at radius 3 is 2.69 bits per heavy atom. The highest BCUT2D eigenvalue weighted by Crippen LogP contribution is 2.25. The molecule has 0 saturated carbocycles. The fraction of sp³-hybridized carbons (Fsp3) is 0.400. The smallest absolute Gasteiger partial charge is 0.339 e. The van der Waals surface area contributed by atoms with Gasteiger partial charge in [-0.3, -0.25) is 0 Å². The highest BCUT2D eigenvalue weighted by molar-refractivity contribution is 7.89. The second kappa shape index (κ2) is 8.25. The Hall–Kier alpha value is -2.23. The molecule has 0 amide bonds. The first kappa shape index (κ1) is 20.1. The standard InChI is InChI=1S/C20H23N3O4S2/c1-2-23-18-7-6-16(29(25,26)22-9-4-3-5-10-22)12-17(18)21-19(23)13-27-20(24)15-8-11-28-14-15/h6-8,11-12,14H,2-5,9-10,13H2,1H3. The summed E-state index contributed by atoms with van der Waals surface area (Å²) in [6, 6.07) is 6.76. The quantitative estimate of drug-likeness (QED) is 0.554. The molecular weight excluding hydrogens is 410 g/mol. The summed E-state index contributed by atoms with van der Waals surface area (Å²) < 4.78 is 34.8. The van der Waals surface area contributed by atoms with Crippen LogP contribution in [0, 0.1) is 0 Å². The van der Waals surface area contributed by atoms with Gasteiger partial charge in [-0.15, -0.1) is 0 Å². The normalized spacial score (nSPS) is 15.6. The van der Waals surface area contributed by atoms with E-state index in [1.807, 2.05) is 16.9 Å². The minimum Gasteiger partial charge on any atom is -0.454 e. The Morgan fingerprint density at radius 2 is 2.00 bits per heavy atom. The molecule has 1 saturated heterocycles. The fourth-order valence-electron chi connectivity index (χ4n) is 3.63. The van der Waals surface area contributed by atoms with Gasteiger partial charge in [0.05, 0.1) is 21.5 Å². The summed E-state index contributed by atoms with van der Waals surface area (Å²) in [5.74, 6) is 0.202. The number of carbonyl (C=O) groups is 1. The van der Waals surface area contributed by atoms with Crippen molar-refractivity contribution >= 4 is 38.4 Å². The zero-order chi connectivity index (χ0) is 20.4. The molecule has 4 rings (SSSR count). The van der Waals surface area contributed by atoms with Crippen molar-refractivity contribution in [1.29, 1.82) is 0 Å². The third kappa shape index (κ3) is 3.94. The van der Waals surface area contributed by atoms with E-state index in [4.69, 9.17) is 4.74 Å². The van der Waals surface area contributed by atoms with Gasteiger partial charge in [0.25, 0.3) is 0 Å². The van der Waals surface area contributed by atoms with E-state index in [0.717, 1.165) is 24.8 Å². The van der Waals surface area contributed by atoms with E-state index in [-0.39, 0.29) is 11.5 Å². The molecule has 1 aromatic carbocycles. The van der Waals surface area contributed by atoms with Crippen LogP contribution in [0.3, 0.4) is 0 Å². The monoisotopic (exact) mass is 433 g/mol. The van der Waals surface area contributed by atoms with E-state index < -0.39 is 16.0 Å². The number of imidazole rings is 1. The summed E-state index contributed by atoms with van der Waals surface area (Å²) in [6.45, 7) is 3.77. The van der Waals surface area contributed by atoms with Crippen LogP contribution in [0.2, 0.25) is 0 Å². The Bertz CT molecular complexity index is 1110. The van der Waals surface area contributed by atoms with Crippen molar-refractivity contribution in [1.82, 2.24) is 13.9 Å². The molecular formula is C20H23N3O4S2. The number of fused-ring (bicyclic) bond motifs is 1. The maximum Gasteiger partial charge on any atom is 0.339 e. The number of nitrogens with zero attached hydrogens (tertiary/aromatic N) is 3. The number of esters is 1. The van der Waals surface area contributed by atoms with Gasteiger partial charge in [-0.1, -0.05) is 6.42 Å². The zero-order valence-corrected chi connectivity index (χ0v) is 17.8. The number of sulfonamides is 1. The molecule has 0 bridgehead atoms. The lowest BCUT2D eigenvalue weighted by molar-refractivity contribution is 0.0459. The Kier molecular flexibility index (Phi) is 5.71. The number of piperidine rings is 1. The van der Waals surface area contributed by atoms with Crippen LogP contribution in [-0.4, -0.2) is 41.3 Å². The van der Waals surface area contributed by atoms with Gasteiger partial charge >= 0.3 is 5.97 Å². The van der Waals surface area contributed by atoms with Gasteiger partial charge < -0.3 is 9.30 Å². The minimum atomic E-state index is -3.52. The number of ether oxygens (including phenoxy) is 1. The highest BCUT2D eigenvalue weighted by atomic mass is 32.2. The molecule has 29 heavy (non-hydrogen) atoms. The van der Waals surface area contributed by atoms with Crippen LogP contribution in [0.25, 0.3) is 11.0 Å². The topological polar surface area (TPSA) is 81.5 Å². The Morgan fingerprint density at radius 1 is 1.21 bits per heavy atom. The largest absolute Gasteiger partial charge is 0.454 e. The van der Waals surface area contributed by atoms with Crippen molar-refractivity contribution in [3.63, 3.8) is 0 Å². The summed E-state index contributed by atoms with van der Waals surface area (Å²) in [7, 11) is -3.52. The van der Waals surface area contributed by atoms with Crippen molar-refractivity contribution in [3.05, 3.63) is 46.4 Å². The van der Waals surface area contributed by atoms with Gasteiger partial charge in [-0.25, -0.2) is 18.2 Å². The fourth-order valence-corrected chi connectivity index (χ4v) is 5.79. The molecule has 0 N–H and O–H groups in total. The van der Waals surface area contributed by atoms with Gasteiger partial charge in [-0.05, 0) is 49.4 Å². The lowest BCUT2D eigenvalue weighted by Gasteiger charge is -2.25. The SMILES string of the molecule is CCn1c(COC(=O)c2ccsc2)nc2cc(S(=O)(=O)N3CCCCC3)ccc21. The third-order valence-corrected chi connectivity index (χ3v) is 7.73. The molecule has 0 spiro atoms. The Balaban J connectivity index is 1.61. The van der Waals surface area contributed by atoms with E-state index in [2.05, 4.69) is 4.98 Å². The lowest BCUT2D eigenvalue weighted by Crippen LogP contribution is -2.35. The second-order valence-electron chi connectivity index (χ2n) is 6.98. The number of aryl methyl sites for hydroxylation is 1. The molecule has 1 aliphatic heterocycles. The molecule has 1 fully saturated rings. The molecule has 0 atom stereocenters. The predicted molar refractivity (Wildman–Crippen MR) is 111 cm³/mol. The lowest BCUT2D eigenvalue weighted by atomic mass is 10.2. The molecule has 1 aliphatic rings. The van der Waals surface area contributed by atoms with Gasteiger partial charge in [-0.2, -0.15) is 15.6 Å². The summed E-state index contributed by atoms with van der Waals surface area (Å²) in [5, 5.41) is 3.56. The average Bonchev–Trinajstić information content (AvgIpc) is 3.39. The molecule has 3 aromatic rings. The minimum absolute atomic E-state index is 0.0331. The highest BCUT2D eigenvalue weighted by Gasteiger charge is 2.26. The van der Waals surface area contributed by atoms with E-state index in [1.54, 1.807) is 34.0 Å².